The van der Waals surface area contributed by atoms with E-state index >= 15 is 0 Å². The lowest BCUT2D eigenvalue weighted by molar-refractivity contribution is 0.930. The molecule has 26 heavy (non-hydrogen) atoms. The highest BCUT2D eigenvalue weighted by Gasteiger charge is 2.22. The summed E-state index contributed by atoms with van der Waals surface area (Å²) in [5, 5.41) is 3.30. The number of nitrogens with one attached hydrogen (secondary N) is 1. The summed E-state index contributed by atoms with van der Waals surface area (Å²) in [6, 6.07) is 22.9. The van der Waals surface area contributed by atoms with Crippen LogP contribution in [0.4, 0.5) is 11.6 Å². The maximum absolute atomic E-state index is 4.84. The Balaban J connectivity index is 1.54. The van der Waals surface area contributed by atoms with E-state index in [-0.39, 0.29) is 0 Å². The van der Waals surface area contributed by atoms with Crippen LogP contribution in [0.15, 0.2) is 72.9 Å². The fraction of sp³-hybridized carbons (Fsp3) is 0.0909. The number of hydrogen-bond acceptors (Lipinski definition) is 4. The fourth-order valence-electron chi connectivity index (χ4n) is 3.34. The van der Waals surface area contributed by atoms with Gasteiger partial charge in [-0.1, -0.05) is 48.5 Å². The summed E-state index contributed by atoms with van der Waals surface area (Å²) in [4.78, 5) is 12.1. The maximum Gasteiger partial charge on any atom is 0.227 e. The Hall–Kier alpha value is -2.98. The zero-order chi connectivity index (χ0) is 17.3. The minimum absolute atomic E-state index is 0.648. The van der Waals surface area contributed by atoms with Gasteiger partial charge in [0, 0.05) is 27.2 Å². The molecule has 4 aromatic rings. The van der Waals surface area contributed by atoms with E-state index in [4.69, 9.17) is 4.98 Å². The molecule has 0 aliphatic heterocycles. The molecule has 2 aromatic heterocycles. The van der Waals surface area contributed by atoms with E-state index in [1.54, 1.807) is 0 Å². The lowest BCUT2D eigenvalue weighted by Crippen LogP contribution is -2.06. The summed E-state index contributed by atoms with van der Waals surface area (Å²) < 4.78 is 0. The molecule has 0 fully saturated rings. The Morgan fingerprint density at radius 1 is 0.885 bits per heavy atom. The van der Waals surface area contributed by atoms with Gasteiger partial charge < -0.3 is 5.32 Å². The molecule has 5 rings (SSSR count). The lowest BCUT2D eigenvalue weighted by Gasteiger charge is -2.16. The highest BCUT2D eigenvalue weighted by Crippen LogP contribution is 2.41. The predicted molar refractivity (Wildman–Crippen MR) is 108 cm³/mol. The minimum Gasteiger partial charge on any atom is -0.324 e. The number of anilines is 2. The molecule has 0 saturated heterocycles. The van der Waals surface area contributed by atoms with Gasteiger partial charge in [-0.05, 0) is 42.2 Å². The Bertz CT molecular complexity index is 1060. The van der Waals surface area contributed by atoms with E-state index < -0.39 is 0 Å². The van der Waals surface area contributed by atoms with E-state index in [2.05, 4.69) is 46.7 Å². The van der Waals surface area contributed by atoms with Gasteiger partial charge in [-0.2, -0.15) is 0 Å². The smallest absolute Gasteiger partial charge is 0.227 e. The molecule has 2 aromatic carbocycles. The van der Waals surface area contributed by atoms with Crippen LogP contribution in [0, 0.1) is 0 Å². The Morgan fingerprint density at radius 2 is 1.65 bits per heavy atom. The van der Waals surface area contributed by atoms with Gasteiger partial charge in [0.2, 0.25) is 5.95 Å². The fourth-order valence-corrected chi connectivity index (χ4v) is 4.51. The standard InChI is InChI=1S/C22H17N3S/c1-3-7-15(8-4-1)20-13-18-19(26-20)12-11-16-14-23-22(25-21(16)18)24-17-9-5-2-6-10-17/h1-10,13-14H,11-12H2,(H,23,24,25). The number of rotatable bonds is 3. The molecule has 126 valence electrons. The quantitative estimate of drug-likeness (QED) is 0.511. The Morgan fingerprint density at radius 3 is 2.46 bits per heavy atom. The van der Waals surface area contributed by atoms with E-state index in [9.17, 15) is 0 Å². The van der Waals surface area contributed by atoms with Crippen molar-refractivity contribution in [2.45, 2.75) is 12.8 Å². The summed E-state index contributed by atoms with van der Waals surface area (Å²) in [7, 11) is 0. The average Bonchev–Trinajstić information content (AvgIpc) is 3.14. The third-order valence-corrected chi connectivity index (χ3v) is 5.88. The third-order valence-electron chi connectivity index (χ3n) is 4.64. The van der Waals surface area contributed by atoms with Crippen LogP contribution < -0.4 is 5.32 Å². The molecule has 0 radical (unpaired) electrons. The highest BCUT2D eigenvalue weighted by atomic mass is 32.1. The molecule has 0 atom stereocenters. The van der Waals surface area contributed by atoms with E-state index in [0.717, 1.165) is 24.2 Å². The Labute approximate surface area is 156 Å². The molecule has 2 heterocycles. The summed E-state index contributed by atoms with van der Waals surface area (Å²) in [6.45, 7) is 0. The second kappa shape index (κ2) is 6.39. The van der Waals surface area contributed by atoms with Crippen molar-refractivity contribution in [1.29, 1.82) is 0 Å². The first-order chi connectivity index (χ1) is 12.9. The van der Waals surface area contributed by atoms with Crippen LogP contribution in [0.1, 0.15) is 10.4 Å². The van der Waals surface area contributed by atoms with Crippen molar-refractivity contribution in [3.63, 3.8) is 0 Å². The van der Waals surface area contributed by atoms with Crippen LogP contribution in [0.25, 0.3) is 21.7 Å². The lowest BCUT2D eigenvalue weighted by atomic mass is 9.96. The van der Waals surface area contributed by atoms with Crippen molar-refractivity contribution in [2.75, 3.05) is 5.32 Å². The van der Waals surface area contributed by atoms with Gasteiger partial charge >= 0.3 is 0 Å². The van der Waals surface area contributed by atoms with Gasteiger partial charge in [-0.15, -0.1) is 11.3 Å². The number of aromatic nitrogens is 2. The molecule has 0 amide bonds. The summed E-state index contributed by atoms with van der Waals surface area (Å²) in [5.74, 6) is 0.648. The molecule has 1 aliphatic carbocycles. The molecular formula is C22H17N3S. The van der Waals surface area contributed by atoms with Crippen molar-refractivity contribution in [3.05, 3.63) is 83.4 Å². The van der Waals surface area contributed by atoms with E-state index in [1.807, 2.05) is 47.9 Å². The average molecular weight is 355 g/mol. The van der Waals surface area contributed by atoms with Crippen LogP contribution in [-0.4, -0.2) is 9.97 Å². The van der Waals surface area contributed by atoms with Crippen LogP contribution >= 0.6 is 11.3 Å². The second-order valence-corrected chi connectivity index (χ2v) is 7.51. The zero-order valence-electron chi connectivity index (χ0n) is 14.1. The maximum atomic E-state index is 4.84. The number of aryl methyl sites for hydroxylation is 2. The number of fused-ring (bicyclic) bond motifs is 3. The van der Waals surface area contributed by atoms with Crippen molar-refractivity contribution in [1.82, 2.24) is 9.97 Å². The van der Waals surface area contributed by atoms with Gasteiger partial charge in [-0.3, -0.25) is 0 Å². The molecule has 4 heteroatoms. The number of hydrogen-bond donors (Lipinski definition) is 1. The summed E-state index contributed by atoms with van der Waals surface area (Å²) >= 11 is 1.88. The molecule has 1 N–H and O–H groups in total. The number of nitrogens with zero attached hydrogens (tertiary/aromatic N) is 2. The highest BCUT2D eigenvalue weighted by molar-refractivity contribution is 7.16. The number of thiophene rings is 1. The number of para-hydroxylation sites is 1. The van der Waals surface area contributed by atoms with Crippen LogP contribution in [0.3, 0.4) is 0 Å². The van der Waals surface area contributed by atoms with Crippen LogP contribution in [-0.2, 0) is 12.8 Å². The largest absolute Gasteiger partial charge is 0.324 e. The van der Waals surface area contributed by atoms with Gasteiger partial charge in [0.15, 0.2) is 0 Å². The van der Waals surface area contributed by atoms with Crippen molar-refractivity contribution in [2.24, 2.45) is 0 Å². The normalized spacial score (nSPS) is 12.3. The molecule has 0 bridgehead atoms. The van der Waals surface area contributed by atoms with E-state index in [0.29, 0.717) is 5.95 Å². The van der Waals surface area contributed by atoms with Gasteiger partial charge in [0.25, 0.3) is 0 Å². The van der Waals surface area contributed by atoms with Gasteiger partial charge in [0.05, 0.1) is 5.69 Å². The zero-order valence-corrected chi connectivity index (χ0v) is 15.0. The second-order valence-electron chi connectivity index (χ2n) is 6.37. The summed E-state index contributed by atoms with van der Waals surface area (Å²) in [6.07, 6.45) is 4.04. The van der Waals surface area contributed by atoms with Crippen LogP contribution in [0.5, 0.6) is 0 Å². The molecule has 0 unspecified atom stereocenters. The molecular weight excluding hydrogens is 338 g/mol. The number of benzene rings is 2. The first-order valence-electron chi connectivity index (χ1n) is 8.73. The van der Waals surface area contributed by atoms with Crippen molar-refractivity contribution >= 4 is 23.0 Å². The topological polar surface area (TPSA) is 37.8 Å². The molecule has 0 saturated carbocycles. The van der Waals surface area contributed by atoms with Gasteiger partial charge in [0.1, 0.15) is 0 Å². The van der Waals surface area contributed by atoms with Crippen molar-refractivity contribution < 1.29 is 0 Å². The van der Waals surface area contributed by atoms with Crippen LogP contribution in [0.2, 0.25) is 0 Å². The minimum atomic E-state index is 0.648. The molecule has 3 nitrogen and oxygen atoms in total. The van der Waals surface area contributed by atoms with Crippen molar-refractivity contribution in [3.8, 4) is 21.7 Å². The predicted octanol–water partition coefficient (Wildman–Crippen LogP) is 5.71. The third kappa shape index (κ3) is 2.78. The van der Waals surface area contributed by atoms with Gasteiger partial charge in [-0.25, -0.2) is 9.97 Å². The monoisotopic (exact) mass is 355 g/mol. The first kappa shape index (κ1) is 15.3. The SMILES string of the molecule is c1ccc(Nc2ncc3c(n2)-c2cc(-c4ccccc4)sc2CC3)cc1. The van der Waals surface area contributed by atoms with E-state index in [1.165, 1.54) is 26.4 Å². The molecule has 1 aliphatic rings. The molecule has 0 spiro atoms. The first-order valence-corrected chi connectivity index (χ1v) is 9.55. The Kier molecular flexibility index (Phi) is 3.76. The summed E-state index contributed by atoms with van der Waals surface area (Å²) in [5.41, 5.74) is 5.82.